The maximum absolute atomic E-state index is 12.1. The minimum absolute atomic E-state index is 0.0374. The Bertz CT molecular complexity index is 1280. The summed E-state index contributed by atoms with van der Waals surface area (Å²) in [6, 6.07) is 11.6. The standard InChI is InChI=1S/C27H31N5O4/c1-17(2)35-24-7-5-20(14-21(24)15-28)27-30-26(31-36-27)23-6-4-19-8-11-32(12-9-22(19)18(23)3)16-25(34)29-10-13-33/h4-7,14,17,33H,8-13,16H2,1-3H3,(H,29,34). The summed E-state index contributed by atoms with van der Waals surface area (Å²) >= 11 is 0. The lowest BCUT2D eigenvalue weighted by Gasteiger charge is -2.18. The van der Waals surface area contributed by atoms with Gasteiger partial charge in [-0.15, -0.1) is 0 Å². The van der Waals surface area contributed by atoms with Crippen molar-refractivity contribution in [1.29, 1.82) is 5.26 Å². The van der Waals surface area contributed by atoms with Gasteiger partial charge in [0, 0.05) is 30.8 Å². The average molecular weight is 490 g/mol. The summed E-state index contributed by atoms with van der Waals surface area (Å²) in [6.45, 7) is 7.99. The molecule has 9 nitrogen and oxygen atoms in total. The highest BCUT2D eigenvalue weighted by Gasteiger charge is 2.21. The molecule has 0 atom stereocenters. The number of aliphatic hydroxyl groups is 1. The number of nitrogens with one attached hydrogen (secondary N) is 1. The predicted molar refractivity (Wildman–Crippen MR) is 134 cm³/mol. The Morgan fingerprint density at radius 3 is 2.83 bits per heavy atom. The van der Waals surface area contributed by atoms with E-state index in [-0.39, 0.29) is 25.2 Å². The van der Waals surface area contributed by atoms with Gasteiger partial charge in [-0.2, -0.15) is 10.2 Å². The van der Waals surface area contributed by atoms with Crippen molar-refractivity contribution in [3.63, 3.8) is 0 Å². The lowest BCUT2D eigenvalue weighted by atomic mass is 9.93. The first kappa shape index (κ1) is 25.4. The quantitative estimate of drug-likeness (QED) is 0.495. The van der Waals surface area contributed by atoms with Crippen molar-refractivity contribution in [2.45, 2.75) is 39.7 Å². The third-order valence-electron chi connectivity index (χ3n) is 6.25. The van der Waals surface area contributed by atoms with Crippen LogP contribution in [0.4, 0.5) is 0 Å². The van der Waals surface area contributed by atoms with Crippen LogP contribution in [-0.4, -0.2) is 64.9 Å². The van der Waals surface area contributed by atoms with E-state index >= 15 is 0 Å². The maximum Gasteiger partial charge on any atom is 0.258 e. The van der Waals surface area contributed by atoms with Gasteiger partial charge in [0.15, 0.2) is 0 Å². The summed E-state index contributed by atoms with van der Waals surface area (Å²) in [7, 11) is 0. The molecule has 1 aliphatic heterocycles. The molecule has 0 fully saturated rings. The number of aromatic nitrogens is 2. The molecule has 2 heterocycles. The number of nitrogens with zero attached hydrogens (tertiary/aromatic N) is 4. The molecule has 2 aromatic carbocycles. The molecular weight excluding hydrogens is 458 g/mol. The van der Waals surface area contributed by atoms with Crippen molar-refractivity contribution in [3.8, 4) is 34.7 Å². The maximum atomic E-state index is 12.1. The number of hydrogen-bond acceptors (Lipinski definition) is 8. The fourth-order valence-corrected chi connectivity index (χ4v) is 4.47. The van der Waals surface area contributed by atoms with Gasteiger partial charge in [-0.1, -0.05) is 17.3 Å². The molecule has 0 aliphatic carbocycles. The number of aliphatic hydroxyl groups excluding tert-OH is 1. The molecule has 0 unspecified atom stereocenters. The zero-order chi connectivity index (χ0) is 25.7. The molecule has 9 heteroatoms. The number of carbonyl (C=O) groups is 1. The number of nitriles is 1. The summed E-state index contributed by atoms with van der Waals surface area (Å²) < 4.78 is 11.3. The van der Waals surface area contributed by atoms with Crippen LogP contribution < -0.4 is 10.1 Å². The van der Waals surface area contributed by atoms with E-state index in [0.29, 0.717) is 35.1 Å². The van der Waals surface area contributed by atoms with Gasteiger partial charge >= 0.3 is 0 Å². The number of fused-ring (bicyclic) bond motifs is 1. The molecule has 2 N–H and O–H groups in total. The molecule has 1 aliphatic rings. The Morgan fingerprint density at radius 2 is 2.08 bits per heavy atom. The van der Waals surface area contributed by atoms with E-state index in [2.05, 4.69) is 39.4 Å². The first-order chi connectivity index (χ1) is 17.4. The van der Waals surface area contributed by atoms with Crippen LogP contribution in [0.2, 0.25) is 0 Å². The van der Waals surface area contributed by atoms with E-state index in [1.54, 1.807) is 12.1 Å². The minimum Gasteiger partial charge on any atom is -0.490 e. The molecule has 3 aromatic rings. The smallest absolute Gasteiger partial charge is 0.258 e. The molecular formula is C27H31N5O4. The fourth-order valence-electron chi connectivity index (χ4n) is 4.47. The van der Waals surface area contributed by atoms with Gasteiger partial charge in [-0.3, -0.25) is 9.69 Å². The molecule has 0 saturated heterocycles. The van der Waals surface area contributed by atoms with Crippen molar-refractivity contribution >= 4 is 5.91 Å². The first-order valence-corrected chi connectivity index (χ1v) is 12.2. The van der Waals surface area contributed by atoms with E-state index < -0.39 is 0 Å². The topological polar surface area (TPSA) is 125 Å². The first-order valence-electron chi connectivity index (χ1n) is 12.2. The van der Waals surface area contributed by atoms with Gasteiger partial charge in [0.1, 0.15) is 11.8 Å². The van der Waals surface area contributed by atoms with Crippen molar-refractivity contribution in [3.05, 3.63) is 52.6 Å². The Hall–Kier alpha value is -3.74. The van der Waals surface area contributed by atoms with E-state index in [1.165, 1.54) is 11.1 Å². The third-order valence-corrected chi connectivity index (χ3v) is 6.25. The summed E-state index contributed by atoms with van der Waals surface area (Å²) in [5, 5.41) is 25.4. The molecule has 0 spiro atoms. The van der Waals surface area contributed by atoms with Crippen LogP contribution in [-0.2, 0) is 17.6 Å². The number of carbonyl (C=O) groups excluding carboxylic acids is 1. The summed E-state index contributed by atoms with van der Waals surface area (Å²) in [6.07, 6.45) is 1.63. The second kappa shape index (κ2) is 11.3. The molecule has 188 valence electrons. The summed E-state index contributed by atoms with van der Waals surface area (Å²) in [5.41, 5.74) is 5.58. The monoisotopic (exact) mass is 489 g/mol. The average Bonchev–Trinajstić information content (AvgIpc) is 3.25. The Kier molecular flexibility index (Phi) is 7.98. The lowest BCUT2D eigenvalue weighted by Crippen LogP contribution is -2.39. The Morgan fingerprint density at radius 1 is 1.28 bits per heavy atom. The highest BCUT2D eigenvalue weighted by molar-refractivity contribution is 5.78. The number of hydrogen-bond donors (Lipinski definition) is 2. The number of amides is 1. The largest absolute Gasteiger partial charge is 0.490 e. The van der Waals surface area contributed by atoms with Gasteiger partial charge in [-0.05, 0) is 68.5 Å². The Labute approximate surface area is 210 Å². The second-order valence-electron chi connectivity index (χ2n) is 9.14. The van der Waals surface area contributed by atoms with Gasteiger partial charge in [0.25, 0.3) is 5.89 Å². The highest BCUT2D eigenvalue weighted by Crippen LogP contribution is 2.31. The highest BCUT2D eigenvalue weighted by atomic mass is 16.5. The van der Waals surface area contributed by atoms with Gasteiger partial charge in [0.05, 0.1) is 24.8 Å². The zero-order valence-electron chi connectivity index (χ0n) is 20.9. The lowest BCUT2D eigenvalue weighted by molar-refractivity contribution is -0.122. The molecule has 0 saturated carbocycles. The van der Waals surface area contributed by atoms with Crippen LogP contribution in [0.15, 0.2) is 34.9 Å². The van der Waals surface area contributed by atoms with Crippen LogP contribution in [0.3, 0.4) is 0 Å². The Balaban J connectivity index is 1.53. The van der Waals surface area contributed by atoms with Crippen LogP contribution in [0.1, 0.15) is 36.1 Å². The number of benzene rings is 2. The molecule has 4 rings (SSSR count). The zero-order valence-corrected chi connectivity index (χ0v) is 20.9. The second-order valence-corrected chi connectivity index (χ2v) is 9.14. The summed E-state index contributed by atoms with van der Waals surface area (Å²) in [5.74, 6) is 1.29. The normalized spacial score (nSPS) is 13.7. The van der Waals surface area contributed by atoms with Gasteiger partial charge in [-0.25, -0.2) is 0 Å². The van der Waals surface area contributed by atoms with E-state index in [1.807, 2.05) is 26.0 Å². The van der Waals surface area contributed by atoms with Crippen LogP contribution in [0.25, 0.3) is 22.8 Å². The SMILES string of the molecule is Cc1c(-c2noc(-c3ccc(OC(C)C)c(C#N)c3)n2)ccc2c1CCN(CC(=O)NCCO)CC2. The van der Waals surface area contributed by atoms with Crippen LogP contribution in [0, 0.1) is 18.3 Å². The fraction of sp³-hybridized carbons (Fsp3) is 0.407. The van der Waals surface area contributed by atoms with Crippen molar-refractivity contribution in [2.75, 3.05) is 32.8 Å². The van der Waals surface area contributed by atoms with Crippen LogP contribution >= 0.6 is 0 Å². The van der Waals surface area contributed by atoms with E-state index in [4.69, 9.17) is 14.4 Å². The third kappa shape index (κ3) is 5.73. The minimum atomic E-state index is -0.0740. The molecule has 1 amide bonds. The van der Waals surface area contributed by atoms with Crippen molar-refractivity contribution in [1.82, 2.24) is 20.4 Å². The van der Waals surface area contributed by atoms with E-state index in [9.17, 15) is 10.1 Å². The van der Waals surface area contributed by atoms with Gasteiger partial charge in [0.2, 0.25) is 11.7 Å². The number of ether oxygens (including phenoxy) is 1. The summed E-state index contributed by atoms with van der Waals surface area (Å²) in [4.78, 5) is 18.8. The predicted octanol–water partition coefficient (Wildman–Crippen LogP) is 2.88. The number of rotatable bonds is 8. The molecule has 36 heavy (non-hydrogen) atoms. The molecule has 1 aromatic heterocycles. The van der Waals surface area contributed by atoms with Crippen LogP contribution in [0.5, 0.6) is 5.75 Å². The molecule has 0 bridgehead atoms. The van der Waals surface area contributed by atoms with Crippen molar-refractivity contribution in [2.24, 2.45) is 0 Å². The molecule has 0 radical (unpaired) electrons. The van der Waals surface area contributed by atoms with Crippen molar-refractivity contribution < 1.29 is 19.2 Å². The van der Waals surface area contributed by atoms with Gasteiger partial charge < -0.3 is 19.7 Å². The van der Waals surface area contributed by atoms with E-state index in [0.717, 1.165) is 37.1 Å².